The summed E-state index contributed by atoms with van der Waals surface area (Å²) in [5.74, 6) is -0.115. The molecule has 4 rings (SSSR count). The van der Waals surface area contributed by atoms with E-state index in [1.54, 1.807) is 12.1 Å². The molecule has 0 saturated carbocycles. The fourth-order valence-electron chi connectivity index (χ4n) is 5.42. The fraction of sp³-hybridized carbons (Fsp3) is 0.536. The Labute approximate surface area is 212 Å². The summed E-state index contributed by atoms with van der Waals surface area (Å²) in [4.78, 5) is 17.3. The molecule has 2 aliphatic rings. The molecular weight excluding hydrogens is 467 g/mol. The highest BCUT2D eigenvalue weighted by Gasteiger charge is 2.48. The molecule has 2 heterocycles. The second kappa shape index (κ2) is 11.0. The summed E-state index contributed by atoms with van der Waals surface area (Å²) in [7, 11) is 0. The van der Waals surface area contributed by atoms with Crippen LogP contribution in [0.15, 0.2) is 48.5 Å². The van der Waals surface area contributed by atoms with Gasteiger partial charge in [-0.05, 0) is 48.2 Å². The van der Waals surface area contributed by atoms with Crippen molar-refractivity contribution in [1.29, 1.82) is 0 Å². The van der Waals surface area contributed by atoms with Gasteiger partial charge in [-0.3, -0.25) is 4.79 Å². The Morgan fingerprint density at radius 1 is 1.14 bits per heavy atom. The Balaban J connectivity index is 1.31. The molecule has 2 aliphatic heterocycles. The number of carbonyl (C=O) groups is 1. The normalized spacial score (nSPS) is 25.3. The van der Waals surface area contributed by atoms with Crippen molar-refractivity contribution in [3.63, 3.8) is 0 Å². The van der Waals surface area contributed by atoms with Crippen LogP contribution in [0.3, 0.4) is 0 Å². The van der Waals surface area contributed by atoms with Crippen molar-refractivity contribution in [3.8, 4) is 0 Å². The standard InChI is InChI=1S/C28H36ClFN2O3/c1-27(2)20-31(16-13-28(27,34)22-6-8-23(29)9-7-22)15-12-26(33)32-14-3-17-35-25(19-32)18-21-4-10-24(30)11-5-21/h4-11,25,34H,3,12-20H2,1-2H3/t25-,28-/m1/s1. The Morgan fingerprint density at radius 2 is 1.86 bits per heavy atom. The zero-order chi connectivity index (χ0) is 25.1. The lowest BCUT2D eigenvalue weighted by Gasteiger charge is -2.50. The van der Waals surface area contributed by atoms with Crippen molar-refractivity contribution < 1.29 is 19.0 Å². The van der Waals surface area contributed by atoms with Crippen molar-refractivity contribution in [2.45, 2.75) is 51.2 Å². The summed E-state index contributed by atoms with van der Waals surface area (Å²) in [5, 5.41) is 12.2. The highest BCUT2D eigenvalue weighted by molar-refractivity contribution is 6.30. The third kappa shape index (κ3) is 6.23. The lowest BCUT2D eigenvalue weighted by Crippen LogP contribution is -2.55. The van der Waals surface area contributed by atoms with E-state index < -0.39 is 5.60 Å². The van der Waals surface area contributed by atoms with E-state index in [2.05, 4.69) is 18.7 Å². The molecular formula is C28H36ClFN2O3. The number of piperidine rings is 1. The monoisotopic (exact) mass is 502 g/mol. The van der Waals surface area contributed by atoms with Gasteiger partial charge in [0.25, 0.3) is 0 Å². The van der Waals surface area contributed by atoms with Gasteiger partial charge in [0, 0.05) is 62.6 Å². The molecule has 5 nitrogen and oxygen atoms in total. The molecule has 1 N–H and O–H groups in total. The molecule has 0 bridgehead atoms. The van der Waals surface area contributed by atoms with Crippen LogP contribution in [0, 0.1) is 11.2 Å². The molecule has 2 aromatic carbocycles. The third-order valence-corrected chi connectivity index (χ3v) is 7.82. The van der Waals surface area contributed by atoms with Gasteiger partial charge in [-0.15, -0.1) is 0 Å². The molecule has 2 aromatic rings. The second-order valence-electron chi connectivity index (χ2n) is 10.5. The van der Waals surface area contributed by atoms with Crippen LogP contribution in [0.25, 0.3) is 0 Å². The highest BCUT2D eigenvalue weighted by atomic mass is 35.5. The summed E-state index contributed by atoms with van der Waals surface area (Å²) in [6, 6.07) is 13.9. The molecule has 35 heavy (non-hydrogen) atoms. The number of likely N-dealkylation sites (tertiary alicyclic amines) is 1. The summed E-state index contributed by atoms with van der Waals surface area (Å²) < 4.78 is 19.2. The number of nitrogens with zero attached hydrogens (tertiary/aromatic N) is 2. The lowest BCUT2D eigenvalue weighted by atomic mass is 9.66. The predicted molar refractivity (Wildman–Crippen MR) is 136 cm³/mol. The average molecular weight is 503 g/mol. The van der Waals surface area contributed by atoms with E-state index in [1.165, 1.54) is 12.1 Å². The maximum Gasteiger partial charge on any atom is 0.223 e. The lowest BCUT2D eigenvalue weighted by molar-refractivity contribution is -0.136. The van der Waals surface area contributed by atoms with E-state index in [9.17, 15) is 14.3 Å². The van der Waals surface area contributed by atoms with Gasteiger partial charge in [-0.25, -0.2) is 4.39 Å². The van der Waals surface area contributed by atoms with Crippen molar-refractivity contribution in [2.24, 2.45) is 5.41 Å². The maximum atomic E-state index is 13.2. The number of rotatable bonds is 6. The fourth-order valence-corrected chi connectivity index (χ4v) is 5.55. The molecule has 0 radical (unpaired) electrons. The number of carbonyl (C=O) groups excluding carboxylic acids is 1. The van der Waals surface area contributed by atoms with E-state index in [0.717, 1.165) is 24.1 Å². The molecule has 0 spiro atoms. The van der Waals surface area contributed by atoms with Crippen LogP contribution < -0.4 is 0 Å². The number of aliphatic hydroxyl groups is 1. The smallest absolute Gasteiger partial charge is 0.223 e. The van der Waals surface area contributed by atoms with E-state index >= 15 is 0 Å². The van der Waals surface area contributed by atoms with Crippen LogP contribution in [-0.4, -0.2) is 66.2 Å². The van der Waals surface area contributed by atoms with E-state index in [4.69, 9.17) is 16.3 Å². The first-order chi connectivity index (χ1) is 16.7. The van der Waals surface area contributed by atoms with Crippen molar-refractivity contribution in [2.75, 3.05) is 39.3 Å². The van der Waals surface area contributed by atoms with Crippen LogP contribution in [0.2, 0.25) is 5.02 Å². The number of benzene rings is 2. The Bertz CT molecular complexity index is 998. The van der Waals surface area contributed by atoms with Crippen LogP contribution in [0.4, 0.5) is 4.39 Å². The highest BCUT2D eigenvalue weighted by Crippen LogP contribution is 2.46. The first-order valence-corrected chi connectivity index (χ1v) is 12.9. The SMILES string of the molecule is CC1(C)CN(CCC(=O)N2CCCO[C@H](Cc3ccc(F)cc3)C2)CC[C@@]1(O)c1ccc(Cl)cc1. The van der Waals surface area contributed by atoms with Gasteiger partial charge < -0.3 is 19.6 Å². The van der Waals surface area contributed by atoms with E-state index in [1.807, 2.05) is 29.2 Å². The van der Waals surface area contributed by atoms with Gasteiger partial charge in [-0.2, -0.15) is 0 Å². The number of halogens is 2. The molecule has 1 amide bonds. The summed E-state index contributed by atoms with van der Waals surface area (Å²) in [6.45, 7) is 8.14. The average Bonchev–Trinajstić information content (AvgIpc) is 3.07. The minimum atomic E-state index is -0.937. The predicted octanol–water partition coefficient (Wildman–Crippen LogP) is 4.65. The quantitative estimate of drug-likeness (QED) is 0.624. The Hall–Kier alpha value is -1.99. The topological polar surface area (TPSA) is 53.0 Å². The number of amides is 1. The number of ether oxygens (including phenoxy) is 1. The number of hydrogen-bond donors (Lipinski definition) is 1. The van der Waals surface area contributed by atoms with Crippen molar-refractivity contribution in [1.82, 2.24) is 9.80 Å². The van der Waals surface area contributed by atoms with Gasteiger partial charge >= 0.3 is 0 Å². The molecule has 7 heteroatoms. The molecule has 2 saturated heterocycles. The van der Waals surface area contributed by atoms with Gasteiger partial charge in [0.1, 0.15) is 5.82 Å². The summed E-state index contributed by atoms with van der Waals surface area (Å²) in [5.41, 5.74) is 0.584. The summed E-state index contributed by atoms with van der Waals surface area (Å²) in [6.07, 6.45) is 2.44. The van der Waals surface area contributed by atoms with Gasteiger partial charge in [-0.1, -0.05) is 49.7 Å². The maximum absolute atomic E-state index is 13.2. The van der Waals surface area contributed by atoms with E-state index in [-0.39, 0.29) is 23.2 Å². The van der Waals surface area contributed by atoms with Gasteiger partial charge in [0.2, 0.25) is 5.91 Å². The number of hydrogen-bond acceptors (Lipinski definition) is 4. The first-order valence-electron chi connectivity index (χ1n) is 12.5. The van der Waals surface area contributed by atoms with Crippen LogP contribution >= 0.6 is 11.6 Å². The Morgan fingerprint density at radius 3 is 2.54 bits per heavy atom. The second-order valence-corrected chi connectivity index (χ2v) is 11.0. The van der Waals surface area contributed by atoms with E-state index in [0.29, 0.717) is 57.1 Å². The van der Waals surface area contributed by atoms with Crippen LogP contribution in [0.1, 0.15) is 44.2 Å². The largest absolute Gasteiger partial charge is 0.385 e. The molecule has 190 valence electrons. The van der Waals surface area contributed by atoms with Gasteiger partial charge in [0.05, 0.1) is 11.7 Å². The molecule has 0 aromatic heterocycles. The minimum absolute atomic E-state index is 0.0878. The minimum Gasteiger partial charge on any atom is -0.385 e. The summed E-state index contributed by atoms with van der Waals surface area (Å²) >= 11 is 6.04. The van der Waals surface area contributed by atoms with Crippen LogP contribution in [0.5, 0.6) is 0 Å². The molecule has 0 unspecified atom stereocenters. The Kier molecular flexibility index (Phi) is 8.16. The zero-order valence-electron chi connectivity index (χ0n) is 20.7. The zero-order valence-corrected chi connectivity index (χ0v) is 21.4. The first kappa shape index (κ1) is 26.1. The molecule has 2 fully saturated rings. The van der Waals surface area contributed by atoms with Crippen molar-refractivity contribution >= 4 is 17.5 Å². The van der Waals surface area contributed by atoms with Crippen LogP contribution in [-0.2, 0) is 21.6 Å². The third-order valence-electron chi connectivity index (χ3n) is 7.57. The molecule has 2 atom stereocenters. The van der Waals surface area contributed by atoms with Gasteiger partial charge in [0.15, 0.2) is 0 Å². The van der Waals surface area contributed by atoms with Crippen molar-refractivity contribution in [3.05, 3.63) is 70.5 Å². The molecule has 0 aliphatic carbocycles.